The van der Waals surface area contributed by atoms with Gasteiger partial charge in [0.2, 0.25) is 12.3 Å². The number of nitrogens with two attached hydrogens (primary N) is 1. The number of rotatable bonds is 7. The fourth-order valence-electron chi connectivity index (χ4n) is 4.04. The Morgan fingerprint density at radius 1 is 1.00 bits per heavy atom. The minimum atomic E-state index is -2.17. The first-order valence-corrected chi connectivity index (χ1v) is 13.0. The highest BCUT2D eigenvalue weighted by Crippen LogP contribution is 2.42. The summed E-state index contributed by atoms with van der Waals surface area (Å²) in [6, 6.07) is 15.3. The molecule has 0 aromatic heterocycles. The number of hydrogen-bond acceptors (Lipinski definition) is 6. The molecule has 2 aliphatic heterocycles. The molecular weight excluding hydrogens is 583 g/mol. The summed E-state index contributed by atoms with van der Waals surface area (Å²) in [5.41, 5.74) is 6.68. The summed E-state index contributed by atoms with van der Waals surface area (Å²) in [5, 5.41) is 18.1. The Labute approximate surface area is 245 Å². The first-order valence-electron chi connectivity index (χ1n) is 11.9. The van der Waals surface area contributed by atoms with E-state index in [1.54, 1.807) is 0 Å². The molecule has 0 spiro atoms. The van der Waals surface area contributed by atoms with Crippen LogP contribution >= 0.6 is 34.8 Å². The second-order valence-electron chi connectivity index (χ2n) is 9.56. The van der Waals surface area contributed by atoms with Crippen LogP contribution in [-0.4, -0.2) is 41.5 Å². The van der Waals surface area contributed by atoms with E-state index >= 15 is 0 Å². The number of carboxylic acid groups (broad SMARTS) is 2. The number of hydrogen-bond donors (Lipinski definition) is 3. The summed E-state index contributed by atoms with van der Waals surface area (Å²) in [6.07, 6.45) is 4.26. The molecule has 2 heterocycles. The monoisotopic (exact) mass is 607 g/mol. The van der Waals surface area contributed by atoms with E-state index in [-0.39, 0.29) is 6.79 Å². The van der Waals surface area contributed by atoms with Crippen LogP contribution in [0.15, 0.2) is 54.7 Å². The van der Waals surface area contributed by atoms with Gasteiger partial charge in [-0.25, -0.2) is 9.59 Å². The molecule has 5 rings (SSSR count). The zero-order valence-electron chi connectivity index (χ0n) is 21.5. The molecule has 3 aromatic carbocycles. The molecule has 40 heavy (non-hydrogen) atoms. The van der Waals surface area contributed by atoms with Crippen molar-refractivity contribution in [3.63, 3.8) is 0 Å². The van der Waals surface area contributed by atoms with Gasteiger partial charge in [-0.2, -0.15) is 0 Å². The highest BCUT2D eigenvalue weighted by molar-refractivity contribution is 6.36. The van der Waals surface area contributed by atoms with Gasteiger partial charge < -0.3 is 30.2 Å². The molecule has 3 aromatic rings. The Balaban J connectivity index is 0.000000357. The van der Waals surface area contributed by atoms with Crippen molar-refractivity contribution in [2.75, 3.05) is 13.8 Å². The third-order valence-corrected chi connectivity index (χ3v) is 7.57. The Morgan fingerprint density at radius 2 is 1.62 bits per heavy atom. The highest BCUT2D eigenvalue weighted by Gasteiger charge is 2.36. The first-order chi connectivity index (χ1) is 18.8. The van der Waals surface area contributed by atoms with E-state index in [2.05, 4.69) is 25.4 Å². The maximum atomic E-state index is 9.96. The lowest BCUT2D eigenvalue weighted by Crippen LogP contribution is -2.52. The number of carboxylic acids is 2. The largest absolute Gasteiger partial charge is 0.489 e. The van der Waals surface area contributed by atoms with Crippen molar-refractivity contribution in [1.29, 1.82) is 0 Å². The van der Waals surface area contributed by atoms with Crippen molar-refractivity contribution >= 4 is 58.5 Å². The average Bonchev–Trinajstić information content (AvgIpc) is 3.47. The second-order valence-corrected chi connectivity index (χ2v) is 10.8. The molecule has 0 fully saturated rings. The van der Waals surface area contributed by atoms with Gasteiger partial charge in [0.15, 0.2) is 11.5 Å². The minimum absolute atomic E-state index is 0.228. The van der Waals surface area contributed by atoms with Gasteiger partial charge >= 0.3 is 11.9 Å². The third kappa shape index (κ3) is 6.14. The zero-order chi connectivity index (χ0) is 29.2. The summed E-state index contributed by atoms with van der Waals surface area (Å²) in [7, 11) is 2.15. The number of nitrogens with zero attached hydrogens (tertiary/aromatic N) is 1. The molecule has 0 aliphatic carbocycles. The van der Waals surface area contributed by atoms with Gasteiger partial charge in [-0.3, -0.25) is 4.48 Å². The van der Waals surface area contributed by atoms with Gasteiger partial charge in [0.1, 0.15) is 30.8 Å². The van der Waals surface area contributed by atoms with E-state index in [1.807, 2.05) is 42.5 Å². The molecule has 0 saturated carbocycles. The van der Waals surface area contributed by atoms with Crippen molar-refractivity contribution in [2.45, 2.75) is 25.6 Å². The van der Waals surface area contributed by atoms with Crippen LogP contribution in [0.4, 0.5) is 5.69 Å². The second kappa shape index (κ2) is 11.6. The number of aliphatic carboxylic acids is 2. The molecule has 12 heteroatoms. The van der Waals surface area contributed by atoms with Gasteiger partial charge in [-0.05, 0) is 37.3 Å². The van der Waals surface area contributed by atoms with E-state index in [9.17, 15) is 9.59 Å². The molecule has 9 nitrogen and oxygen atoms in total. The number of ether oxygens (including phenoxy) is 3. The number of halogens is 3. The number of benzene rings is 3. The summed E-state index contributed by atoms with van der Waals surface area (Å²) >= 11 is 19.0. The topological polar surface area (TPSA) is 128 Å². The lowest BCUT2D eigenvalue weighted by atomic mass is 10.1. The van der Waals surface area contributed by atoms with Crippen LogP contribution in [0.25, 0.3) is 6.08 Å². The van der Waals surface area contributed by atoms with Crippen LogP contribution in [-0.2, 0) is 22.7 Å². The van der Waals surface area contributed by atoms with Crippen LogP contribution in [0.2, 0.25) is 15.1 Å². The van der Waals surface area contributed by atoms with E-state index in [0.717, 1.165) is 40.8 Å². The number of fused-ring (bicyclic) bond motifs is 2. The molecule has 1 unspecified atom stereocenters. The third-order valence-electron chi connectivity index (χ3n) is 6.51. The lowest BCUT2D eigenvalue weighted by Gasteiger charge is -2.28. The smallest absolute Gasteiger partial charge is 0.335 e. The minimum Gasteiger partial charge on any atom is -0.489 e. The molecule has 0 bridgehead atoms. The number of quaternary nitrogens is 1. The Kier molecular flexibility index (Phi) is 8.53. The van der Waals surface area contributed by atoms with E-state index in [0.29, 0.717) is 38.5 Å². The fraction of sp³-hybridized carbons (Fsp3) is 0.214. The number of carbonyl (C=O) groups is 2. The van der Waals surface area contributed by atoms with Gasteiger partial charge in [0.25, 0.3) is 0 Å². The molecule has 0 radical (unpaired) electrons. The van der Waals surface area contributed by atoms with Crippen LogP contribution in [0.3, 0.4) is 0 Å². The maximum absolute atomic E-state index is 9.96. The van der Waals surface area contributed by atoms with Gasteiger partial charge in [0.05, 0.1) is 12.1 Å². The molecule has 2 aliphatic rings. The molecular formula is C28H26Cl3N2O7+. The summed E-state index contributed by atoms with van der Waals surface area (Å²) in [5.74, 6) is -0.912. The molecule has 4 N–H and O–H groups in total. The van der Waals surface area contributed by atoms with Gasteiger partial charge in [0, 0.05) is 44.9 Å². The molecule has 0 saturated heterocycles. The van der Waals surface area contributed by atoms with Crippen molar-refractivity contribution < 1.29 is 34.0 Å². The van der Waals surface area contributed by atoms with Crippen LogP contribution < -0.4 is 24.4 Å². The van der Waals surface area contributed by atoms with Crippen molar-refractivity contribution in [1.82, 2.24) is 4.48 Å². The molecule has 0 amide bonds. The van der Waals surface area contributed by atoms with E-state index in [4.69, 9.17) is 65.0 Å². The lowest BCUT2D eigenvalue weighted by molar-refractivity contribution is -0.155. The van der Waals surface area contributed by atoms with E-state index < -0.39 is 17.5 Å². The van der Waals surface area contributed by atoms with Gasteiger partial charge in [-0.15, -0.1) is 0 Å². The standard InChI is InChI=1S/C24H19Cl3NO3.C4H7NO4/c1-28(12-16-10-23-24(11-21(16)27)31-14-30-23)8-7-15-9-17(5-6-22(15)28)29-13-18-19(25)3-2-4-20(18)26;1-4(5,2(6)7)3(8)9/h2-11H,12-14H2,1H3;5H2,1H3,(H,6,7)(H,8,9)/q+1;. The van der Waals surface area contributed by atoms with Crippen LogP contribution in [0.1, 0.15) is 23.6 Å². The van der Waals surface area contributed by atoms with Crippen molar-refractivity contribution in [2.24, 2.45) is 5.73 Å². The summed E-state index contributed by atoms with van der Waals surface area (Å²) in [6.45, 7) is 2.14. The summed E-state index contributed by atoms with van der Waals surface area (Å²) < 4.78 is 17.5. The fourth-order valence-corrected chi connectivity index (χ4v) is 4.76. The predicted octanol–water partition coefficient (Wildman–Crippen LogP) is 5.95. The Bertz CT molecular complexity index is 1470. The van der Waals surface area contributed by atoms with Crippen LogP contribution in [0.5, 0.6) is 17.2 Å². The first kappa shape index (κ1) is 29.5. The SMILES string of the molecule is CC(N)(C(=O)O)C(=O)O.C[N+]1(Cc2cc3c(cc2Cl)OCO3)C=Cc2cc(OCc3c(Cl)cccc3Cl)ccc21. The van der Waals surface area contributed by atoms with Crippen LogP contribution in [0, 0.1) is 0 Å². The Hall–Kier alpha value is -3.47. The van der Waals surface area contributed by atoms with Crippen molar-refractivity contribution in [3.05, 3.63) is 86.5 Å². The quantitative estimate of drug-likeness (QED) is 0.222. The van der Waals surface area contributed by atoms with E-state index in [1.165, 1.54) is 0 Å². The average molecular weight is 609 g/mol. The molecule has 210 valence electrons. The summed E-state index contributed by atoms with van der Waals surface area (Å²) in [4.78, 5) is 19.9. The zero-order valence-corrected chi connectivity index (χ0v) is 23.8. The molecule has 1 atom stereocenters. The van der Waals surface area contributed by atoms with Crippen molar-refractivity contribution in [3.8, 4) is 17.2 Å². The Morgan fingerprint density at radius 3 is 2.23 bits per heavy atom. The maximum Gasteiger partial charge on any atom is 0.335 e. The predicted molar refractivity (Wildman–Crippen MR) is 153 cm³/mol. The van der Waals surface area contributed by atoms with Gasteiger partial charge in [-0.1, -0.05) is 40.9 Å². The highest BCUT2D eigenvalue weighted by atomic mass is 35.5. The normalized spacial score (nSPS) is 16.6.